The molecule has 148 valence electrons. The van der Waals surface area contributed by atoms with Gasteiger partial charge in [0.05, 0.1) is 0 Å². The predicted molar refractivity (Wildman–Crippen MR) is 98.1 cm³/mol. The minimum atomic E-state index is -0.824. The molecule has 1 aromatic heterocycles. The van der Waals surface area contributed by atoms with E-state index in [9.17, 15) is 9.59 Å². The molecule has 3 N–H and O–H groups in total. The highest BCUT2D eigenvalue weighted by molar-refractivity contribution is 6.07. The zero-order chi connectivity index (χ0) is 19.4. The number of likely N-dealkylation sites (tertiary alicyclic amines) is 1. The number of carbonyl (C=O) groups excluding carboxylic acids is 2. The molecule has 0 aromatic carbocycles. The maximum absolute atomic E-state index is 12.1. The Kier molecular flexibility index (Phi) is 5.62. The second-order valence-electron chi connectivity index (χ2n) is 7.05. The molecule has 0 bridgehead atoms. The van der Waals surface area contributed by atoms with E-state index in [0.717, 1.165) is 38.3 Å². The molecule has 1 atom stereocenters. The van der Waals surface area contributed by atoms with Gasteiger partial charge in [-0.15, -0.1) is 0 Å². The number of aliphatic imine (C=N–C) groups is 1. The van der Waals surface area contributed by atoms with Crippen molar-refractivity contribution in [2.24, 2.45) is 10.9 Å². The lowest BCUT2D eigenvalue weighted by Gasteiger charge is -2.39. The summed E-state index contributed by atoms with van der Waals surface area (Å²) in [6.07, 6.45) is 2.99. The van der Waals surface area contributed by atoms with Crippen LogP contribution in [0.25, 0.3) is 0 Å². The van der Waals surface area contributed by atoms with E-state index < -0.39 is 11.6 Å². The summed E-state index contributed by atoms with van der Waals surface area (Å²) in [5.74, 6) is 2.01. The number of hydrogen-bond acceptors (Lipinski definition) is 6. The number of hydrogen-bond donors (Lipinski definition) is 3. The molecule has 3 heterocycles. The van der Waals surface area contributed by atoms with Crippen molar-refractivity contribution in [3.05, 3.63) is 11.7 Å². The van der Waals surface area contributed by atoms with E-state index in [-0.39, 0.29) is 11.8 Å². The zero-order valence-electron chi connectivity index (χ0n) is 16.0. The second kappa shape index (κ2) is 7.93. The van der Waals surface area contributed by atoms with Crippen molar-refractivity contribution in [2.75, 3.05) is 26.7 Å². The van der Waals surface area contributed by atoms with Crippen molar-refractivity contribution in [2.45, 2.75) is 45.1 Å². The van der Waals surface area contributed by atoms with Gasteiger partial charge in [0.25, 0.3) is 5.91 Å². The van der Waals surface area contributed by atoms with Crippen LogP contribution >= 0.6 is 0 Å². The van der Waals surface area contributed by atoms with Crippen molar-refractivity contribution in [3.8, 4) is 0 Å². The van der Waals surface area contributed by atoms with E-state index >= 15 is 0 Å². The molecule has 0 saturated carbocycles. The number of nitrogens with one attached hydrogen (secondary N) is 3. The minimum Gasteiger partial charge on any atom is -0.356 e. The Morgan fingerprint density at radius 2 is 2.15 bits per heavy atom. The number of piperidine rings is 1. The first-order valence-electron chi connectivity index (χ1n) is 9.37. The van der Waals surface area contributed by atoms with Gasteiger partial charge in [0.15, 0.2) is 11.8 Å². The lowest BCUT2D eigenvalue weighted by Crippen LogP contribution is -2.55. The molecule has 0 spiro atoms. The number of amides is 3. The summed E-state index contributed by atoms with van der Waals surface area (Å²) in [5, 5.41) is 12.4. The van der Waals surface area contributed by atoms with Crippen LogP contribution in [0.1, 0.15) is 38.4 Å². The largest absolute Gasteiger partial charge is 0.356 e. The van der Waals surface area contributed by atoms with E-state index in [1.807, 2.05) is 6.92 Å². The van der Waals surface area contributed by atoms with Crippen LogP contribution in [-0.4, -0.2) is 65.2 Å². The number of urea groups is 1. The smallest absolute Gasteiger partial charge is 0.322 e. The third-order valence-electron chi connectivity index (χ3n) is 5.34. The van der Waals surface area contributed by atoms with Crippen molar-refractivity contribution in [1.29, 1.82) is 0 Å². The SMILES string of the molecule is CCc1nc(CCNC(=NC)N2CCC(C3(C)NC(=O)NC3=O)CC2)no1. The van der Waals surface area contributed by atoms with E-state index in [2.05, 4.69) is 36.0 Å². The topological polar surface area (TPSA) is 125 Å². The molecule has 10 nitrogen and oxygen atoms in total. The number of carbonyl (C=O) groups is 2. The highest BCUT2D eigenvalue weighted by atomic mass is 16.5. The normalized spacial score (nSPS) is 24.1. The van der Waals surface area contributed by atoms with Crippen molar-refractivity contribution in [1.82, 2.24) is 31.0 Å². The van der Waals surface area contributed by atoms with Crippen LogP contribution in [0.4, 0.5) is 4.79 Å². The van der Waals surface area contributed by atoms with Crippen LogP contribution in [0.5, 0.6) is 0 Å². The molecule has 3 amide bonds. The second-order valence-corrected chi connectivity index (χ2v) is 7.05. The summed E-state index contributed by atoms with van der Waals surface area (Å²) in [6, 6.07) is -0.407. The summed E-state index contributed by atoms with van der Waals surface area (Å²) in [4.78, 5) is 34.4. The van der Waals surface area contributed by atoms with Crippen LogP contribution in [0.2, 0.25) is 0 Å². The number of guanidine groups is 1. The predicted octanol–water partition coefficient (Wildman–Crippen LogP) is 0.0600. The molecule has 0 aliphatic carbocycles. The van der Waals surface area contributed by atoms with Crippen LogP contribution in [-0.2, 0) is 17.6 Å². The van der Waals surface area contributed by atoms with E-state index in [1.165, 1.54) is 0 Å². The molecule has 2 aliphatic heterocycles. The third-order valence-corrected chi connectivity index (χ3v) is 5.34. The van der Waals surface area contributed by atoms with E-state index in [0.29, 0.717) is 24.7 Å². The zero-order valence-corrected chi connectivity index (χ0v) is 16.0. The average molecular weight is 377 g/mol. The van der Waals surface area contributed by atoms with Crippen LogP contribution in [0.15, 0.2) is 9.52 Å². The van der Waals surface area contributed by atoms with Gasteiger partial charge < -0.3 is 20.1 Å². The third kappa shape index (κ3) is 4.04. The van der Waals surface area contributed by atoms with Crippen LogP contribution < -0.4 is 16.0 Å². The first-order valence-corrected chi connectivity index (χ1v) is 9.37. The van der Waals surface area contributed by atoms with Gasteiger partial charge in [0.1, 0.15) is 5.54 Å². The van der Waals surface area contributed by atoms with Crippen molar-refractivity contribution >= 4 is 17.9 Å². The maximum Gasteiger partial charge on any atom is 0.322 e. The summed E-state index contributed by atoms with van der Waals surface area (Å²) in [6.45, 7) is 5.97. The number of imide groups is 1. The van der Waals surface area contributed by atoms with Gasteiger partial charge in [-0.25, -0.2) is 4.79 Å². The van der Waals surface area contributed by atoms with E-state index in [4.69, 9.17) is 4.52 Å². The van der Waals surface area contributed by atoms with Gasteiger partial charge in [-0.3, -0.25) is 15.1 Å². The molecule has 3 rings (SSSR count). The molecule has 27 heavy (non-hydrogen) atoms. The van der Waals surface area contributed by atoms with Gasteiger partial charge in [0, 0.05) is 39.5 Å². The summed E-state index contributed by atoms with van der Waals surface area (Å²) < 4.78 is 5.11. The minimum absolute atomic E-state index is 0.102. The number of nitrogens with zero attached hydrogens (tertiary/aromatic N) is 4. The lowest BCUT2D eigenvalue weighted by molar-refractivity contribution is -0.125. The first-order chi connectivity index (χ1) is 13.0. The van der Waals surface area contributed by atoms with Gasteiger partial charge in [0.2, 0.25) is 5.89 Å². The Balaban J connectivity index is 1.48. The first kappa shape index (κ1) is 19.1. The summed E-state index contributed by atoms with van der Waals surface area (Å²) in [5.41, 5.74) is -0.824. The fourth-order valence-corrected chi connectivity index (χ4v) is 3.67. The maximum atomic E-state index is 12.1. The average Bonchev–Trinajstić information content (AvgIpc) is 3.23. The Morgan fingerprint density at radius 3 is 2.70 bits per heavy atom. The molecular formula is C17H27N7O3. The molecule has 10 heteroatoms. The quantitative estimate of drug-likeness (QED) is 0.376. The molecule has 1 aromatic rings. The Hall–Kier alpha value is -2.65. The molecule has 1 unspecified atom stereocenters. The summed E-state index contributed by atoms with van der Waals surface area (Å²) >= 11 is 0. The number of aryl methyl sites for hydroxylation is 1. The van der Waals surface area contributed by atoms with Gasteiger partial charge >= 0.3 is 6.03 Å². The lowest BCUT2D eigenvalue weighted by atomic mass is 9.79. The highest BCUT2D eigenvalue weighted by Gasteiger charge is 2.48. The molecule has 0 radical (unpaired) electrons. The number of rotatable bonds is 5. The number of aromatic nitrogens is 2. The molecule has 2 aliphatic rings. The van der Waals surface area contributed by atoms with Crippen LogP contribution in [0, 0.1) is 5.92 Å². The van der Waals surface area contributed by atoms with Gasteiger partial charge in [-0.1, -0.05) is 12.1 Å². The Labute approximate surface area is 158 Å². The monoisotopic (exact) mass is 377 g/mol. The fraction of sp³-hybridized carbons (Fsp3) is 0.706. The van der Waals surface area contributed by atoms with E-state index in [1.54, 1.807) is 14.0 Å². The highest BCUT2D eigenvalue weighted by Crippen LogP contribution is 2.30. The van der Waals surface area contributed by atoms with Gasteiger partial charge in [-0.2, -0.15) is 4.98 Å². The van der Waals surface area contributed by atoms with Crippen molar-refractivity contribution < 1.29 is 14.1 Å². The molecular weight excluding hydrogens is 350 g/mol. The van der Waals surface area contributed by atoms with Crippen molar-refractivity contribution in [3.63, 3.8) is 0 Å². The Morgan fingerprint density at radius 1 is 1.41 bits per heavy atom. The standard InChI is InChI=1S/C17H27N7O3/c1-4-13-20-12(23-27-13)5-8-19-15(18-3)24-9-6-11(7-10-24)17(2)14(25)21-16(26)22-17/h11H,4-10H2,1-3H3,(H,18,19)(H2,21,22,25,26). The van der Waals surface area contributed by atoms with Crippen LogP contribution in [0.3, 0.4) is 0 Å². The molecule has 2 fully saturated rings. The van der Waals surface area contributed by atoms with Gasteiger partial charge in [-0.05, 0) is 25.7 Å². The fourth-order valence-electron chi connectivity index (χ4n) is 3.67. The summed E-state index contributed by atoms with van der Waals surface area (Å²) in [7, 11) is 1.75. The molecule has 2 saturated heterocycles. The Bertz CT molecular complexity index is 724.